The van der Waals surface area contributed by atoms with Gasteiger partial charge in [0.2, 0.25) is 0 Å². The molecule has 1 heterocycles. The van der Waals surface area contributed by atoms with Gasteiger partial charge in [-0.1, -0.05) is 48.0 Å². The molecule has 1 radical (unpaired) electrons. The summed E-state index contributed by atoms with van der Waals surface area (Å²) in [6, 6.07) is 4.89. The second-order valence-electron chi connectivity index (χ2n) is 3.48. The zero-order valence-corrected chi connectivity index (χ0v) is 11.8. The third kappa shape index (κ3) is 2.88. The summed E-state index contributed by atoms with van der Waals surface area (Å²) in [7, 11) is 0. The maximum absolute atomic E-state index is 12.0. The van der Waals surface area contributed by atoms with Crippen LogP contribution in [0.1, 0.15) is 23.7 Å². The number of amides is 1. The number of hydrogen-bond donors (Lipinski definition) is 0. The lowest BCUT2D eigenvalue weighted by molar-refractivity contribution is 0.100. The SMILES string of the molecule is CCC1=C[N]C(=NC(=O)c2c(Cl)cccc2Cl)S1. The number of amidine groups is 1. The highest BCUT2D eigenvalue weighted by atomic mass is 35.5. The quantitative estimate of drug-likeness (QED) is 0.825. The normalized spacial score (nSPS) is 16.6. The minimum atomic E-state index is -0.470. The average molecular weight is 300 g/mol. The van der Waals surface area contributed by atoms with Crippen molar-refractivity contribution in [2.24, 2.45) is 4.99 Å². The Bertz CT molecular complexity index is 535. The summed E-state index contributed by atoms with van der Waals surface area (Å²) in [5.74, 6) is -0.470. The van der Waals surface area contributed by atoms with Crippen molar-refractivity contribution in [3.63, 3.8) is 0 Å². The Morgan fingerprint density at radius 1 is 1.39 bits per heavy atom. The van der Waals surface area contributed by atoms with Crippen LogP contribution in [0.25, 0.3) is 0 Å². The molecule has 18 heavy (non-hydrogen) atoms. The summed E-state index contributed by atoms with van der Waals surface area (Å²) in [4.78, 5) is 17.0. The molecule has 1 aliphatic rings. The number of hydrogen-bond acceptors (Lipinski definition) is 2. The van der Waals surface area contributed by atoms with E-state index in [9.17, 15) is 4.79 Å². The van der Waals surface area contributed by atoms with E-state index in [1.165, 1.54) is 11.8 Å². The highest BCUT2D eigenvalue weighted by molar-refractivity contribution is 8.17. The van der Waals surface area contributed by atoms with Gasteiger partial charge in [-0.2, -0.15) is 4.99 Å². The molecular weight excluding hydrogens is 291 g/mol. The van der Waals surface area contributed by atoms with Gasteiger partial charge in [0.1, 0.15) is 0 Å². The van der Waals surface area contributed by atoms with Crippen LogP contribution in [-0.4, -0.2) is 11.1 Å². The van der Waals surface area contributed by atoms with Gasteiger partial charge < -0.3 is 0 Å². The topological polar surface area (TPSA) is 43.5 Å². The standard InChI is InChI=1S/C12H9Cl2N2OS/c1-2-7-6-15-12(18-7)16-11(17)10-8(13)4-3-5-9(10)14/h3-6H,2H2,1H3. The molecule has 0 aliphatic carbocycles. The number of nitrogens with zero attached hydrogens (tertiary/aromatic N) is 2. The zero-order valence-electron chi connectivity index (χ0n) is 9.48. The molecule has 6 heteroatoms. The molecule has 0 spiro atoms. The van der Waals surface area contributed by atoms with E-state index in [0.29, 0.717) is 15.2 Å². The Kier molecular flexibility index (Phi) is 4.32. The maximum atomic E-state index is 12.0. The van der Waals surface area contributed by atoms with Crippen LogP contribution in [0.4, 0.5) is 0 Å². The number of aliphatic imine (C=N–C) groups is 1. The van der Waals surface area contributed by atoms with E-state index < -0.39 is 5.91 Å². The molecule has 2 rings (SSSR count). The Morgan fingerprint density at radius 2 is 2.06 bits per heavy atom. The molecule has 0 unspecified atom stereocenters. The Labute approximate surface area is 119 Å². The van der Waals surface area contributed by atoms with Crippen LogP contribution in [0.15, 0.2) is 34.3 Å². The lowest BCUT2D eigenvalue weighted by Crippen LogP contribution is -2.06. The van der Waals surface area contributed by atoms with Crippen LogP contribution in [-0.2, 0) is 0 Å². The fourth-order valence-corrected chi connectivity index (χ4v) is 2.63. The molecule has 0 aromatic heterocycles. The van der Waals surface area contributed by atoms with Crippen molar-refractivity contribution < 1.29 is 4.79 Å². The van der Waals surface area contributed by atoms with Crippen LogP contribution in [0, 0.1) is 0 Å². The van der Waals surface area contributed by atoms with Gasteiger partial charge in [-0.05, 0) is 18.6 Å². The summed E-state index contributed by atoms with van der Waals surface area (Å²) in [6.07, 6.45) is 2.58. The van der Waals surface area contributed by atoms with Crippen molar-refractivity contribution >= 4 is 46.0 Å². The number of benzene rings is 1. The third-order valence-corrected chi connectivity index (χ3v) is 3.93. The summed E-state index contributed by atoms with van der Waals surface area (Å²) in [5.41, 5.74) is 0.217. The van der Waals surface area contributed by atoms with Crippen molar-refractivity contribution in [1.82, 2.24) is 5.32 Å². The van der Waals surface area contributed by atoms with Gasteiger partial charge in [0, 0.05) is 11.1 Å². The number of carbonyl (C=O) groups is 1. The summed E-state index contributed by atoms with van der Waals surface area (Å²) in [6.45, 7) is 2.02. The van der Waals surface area contributed by atoms with Crippen LogP contribution in [0.2, 0.25) is 10.0 Å². The zero-order chi connectivity index (χ0) is 13.1. The predicted molar refractivity (Wildman–Crippen MR) is 76.3 cm³/mol. The summed E-state index contributed by atoms with van der Waals surface area (Å²) >= 11 is 13.3. The highest BCUT2D eigenvalue weighted by Crippen LogP contribution is 2.28. The van der Waals surface area contributed by atoms with E-state index in [2.05, 4.69) is 10.3 Å². The van der Waals surface area contributed by atoms with Gasteiger partial charge in [0.25, 0.3) is 5.91 Å². The van der Waals surface area contributed by atoms with Crippen molar-refractivity contribution in [1.29, 1.82) is 0 Å². The van der Waals surface area contributed by atoms with Gasteiger partial charge in [-0.25, -0.2) is 5.32 Å². The lowest BCUT2D eigenvalue weighted by atomic mass is 10.2. The Morgan fingerprint density at radius 3 is 2.61 bits per heavy atom. The molecule has 0 N–H and O–H groups in total. The van der Waals surface area contributed by atoms with E-state index in [4.69, 9.17) is 23.2 Å². The van der Waals surface area contributed by atoms with Gasteiger partial charge in [-0.15, -0.1) is 0 Å². The van der Waals surface area contributed by atoms with Crippen LogP contribution in [0.5, 0.6) is 0 Å². The van der Waals surface area contributed by atoms with Crippen molar-refractivity contribution in [2.75, 3.05) is 0 Å². The molecule has 0 saturated carbocycles. The number of carbonyl (C=O) groups excluding carboxylic acids is 1. The smallest absolute Gasteiger partial charge is 0.267 e. The molecule has 0 saturated heterocycles. The third-order valence-electron chi connectivity index (χ3n) is 2.26. The van der Waals surface area contributed by atoms with Crippen molar-refractivity contribution in [3.8, 4) is 0 Å². The van der Waals surface area contributed by atoms with E-state index >= 15 is 0 Å². The van der Waals surface area contributed by atoms with Crippen LogP contribution < -0.4 is 5.32 Å². The highest BCUT2D eigenvalue weighted by Gasteiger charge is 2.18. The molecule has 0 fully saturated rings. The first kappa shape index (κ1) is 13.5. The molecule has 1 aliphatic heterocycles. The number of rotatable bonds is 2. The molecular formula is C12H9Cl2N2OS. The molecule has 1 aromatic rings. The molecule has 1 amide bonds. The van der Waals surface area contributed by atoms with Gasteiger partial charge in [0.15, 0.2) is 5.17 Å². The minimum absolute atomic E-state index is 0.217. The van der Waals surface area contributed by atoms with Gasteiger partial charge in [-0.3, -0.25) is 4.79 Å². The monoisotopic (exact) mass is 299 g/mol. The van der Waals surface area contributed by atoms with E-state index in [1.807, 2.05) is 6.92 Å². The molecule has 0 atom stereocenters. The van der Waals surface area contributed by atoms with Crippen LogP contribution in [0.3, 0.4) is 0 Å². The van der Waals surface area contributed by atoms with Crippen LogP contribution >= 0.6 is 35.0 Å². The summed E-state index contributed by atoms with van der Waals surface area (Å²) < 4.78 is 0. The average Bonchev–Trinajstić information content (AvgIpc) is 2.76. The predicted octanol–water partition coefficient (Wildman–Crippen LogP) is 4.09. The number of thioether (sulfide) groups is 1. The number of allylic oxidation sites excluding steroid dienone is 1. The van der Waals surface area contributed by atoms with Gasteiger partial charge in [0.05, 0.1) is 15.6 Å². The molecule has 93 valence electrons. The largest absolute Gasteiger partial charge is 0.282 e. The Balaban J connectivity index is 2.21. The maximum Gasteiger partial charge on any atom is 0.282 e. The van der Waals surface area contributed by atoms with E-state index in [-0.39, 0.29) is 5.56 Å². The first-order chi connectivity index (χ1) is 8.61. The molecule has 3 nitrogen and oxygen atoms in total. The fraction of sp³-hybridized carbons (Fsp3) is 0.167. The summed E-state index contributed by atoms with van der Waals surface area (Å²) in [5, 5.41) is 5.07. The molecule has 0 bridgehead atoms. The minimum Gasteiger partial charge on any atom is -0.267 e. The first-order valence-electron chi connectivity index (χ1n) is 5.26. The molecule has 1 aromatic carbocycles. The van der Waals surface area contributed by atoms with E-state index in [0.717, 1.165) is 11.3 Å². The lowest BCUT2D eigenvalue weighted by Gasteiger charge is -2.02. The first-order valence-corrected chi connectivity index (χ1v) is 6.84. The van der Waals surface area contributed by atoms with Gasteiger partial charge >= 0.3 is 0 Å². The van der Waals surface area contributed by atoms with Crippen molar-refractivity contribution in [3.05, 3.63) is 44.9 Å². The van der Waals surface area contributed by atoms with Crippen molar-refractivity contribution in [2.45, 2.75) is 13.3 Å². The number of halogens is 2. The fourth-order valence-electron chi connectivity index (χ4n) is 1.36. The Hall–Kier alpha value is -0.970. The van der Waals surface area contributed by atoms with E-state index in [1.54, 1.807) is 24.4 Å². The second kappa shape index (κ2) is 5.78. The second-order valence-corrected chi connectivity index (χ2v) is 5.38.